The molecule has 0 spiro atoms. The summed E-state index contributed by atoms with van der Waals surface area (Å²) in [7, 11) is 0. The van der Waals surface area contributed by atoms with E-state index in [2.05, 4.69) is 15.1 Å². The van der Waals surface area contributed by atoms with Crippen molar-refractivity contribution in [2.45, 2.75) is 0 Å². The van der Waals surface area contributed by atoms with E-state index < -0.39 is 0 Å². The van der Waals surface area contributed by atoms with Crippen LogP contribution in [-0.4, -0.2) is 15.1 Å². The molecular formula is C11H7ClN4OS. The first-order valence-corrected chi connectivity index (χ1v) is 6.28. The van der Waals surface area contributed by atoms with Crippen LogP contribution in [0.25, 0.3) is 22.2 Å². The topological polar surface area (TPSA) is 77.8 Å². The van der Waals surface area contributed by atoms with E-state index in [-0.39, 0.29) is 0 Å². The lowest BCUT2D eigenvalue weighted by atomic mass is 10.2. The fourth-order valence-electron chi connectivity index (χ4n) is 1.43. The van der Waals surface area contributed by atoms with Crippen LogP contribution < -0.4 is 5.73 Å². The van der Waals surface area contributed by atoms with Crippen LogP contribution in [0.2, 0.25) is 5.02 Å². The van der Waals surface area contributed by atoms with Crippen molar-refractivity contribution in [3.05, 3.63) is 34.9 Å². The van der Waals surface area contributed by atoms with Gasteiger partial charge in [0.25, 0.3) is 5.89 Å². The zero-order valence-electron chi connectivity index (χ0n) is 9.00. The molecule has 0 aliphatic carbocycles. The fraction of sp³-hybridized carbons (Fsp3) is 0. The van der Waals surface area contributed by atoms with Crippen LogP contribution in [0.5, 0.6) is 0 Å². The smallest absolute Gasteiger partial charge is 0.258 e. The maximum Gasteiger partial charge on any atom is 0.258 e. The van der Waals surface area contributed by atoms with E-state index in [1.54, 1.807) is 29.9 Å². The Bertz CT molecular complexity index is 680. The Kier molecular flexibility index (Phi) is 2.73. The Morgan fingerprint density at radius 3 is 2.94 bits per heavy atom. The number of thiazole rings is 1. The van der Waals surface area contributed by atoms with Crippen LogP contribution in [0.1, 0.15) is 0 Å². The minimum atomic E-state index is 0.403. The van der Waals surface area contributed by atoms with Crippen molar-refractivity contribution in [1.29, 1.82) is 0 Å². The summed E-state index contributed by atoms with van der Waals surface area (Å²) in [6.07, 6.45) is 1.69. The lowest BCUT2D eigenvalue weighted by Crippen LogP contribution is -1.86. The first-order valence-electron chi connectivity index (χ1n) is 5.02. The third kappa shape index (κ3) is 1.96. The highest BCUT2D eigenvalue weighted by atomic mass is 35.5. The molecule has 0 radical (unpaired) electrons. The van der Waals surface area contributed by atoms with Gasteiger partial charge in [0.2, 0.25) is 5.82 Å². The summed E-state index contributed by atoms with van der Waals surface area (Å²) in [6, 6.07) is 5.18. The van der Waals surface area contributed by atoms with Gasteiger partial charge in [0.15, 0.2) is 0 Å². The highest BCUT2D eigenvalue weighted by molar-refractivity contribution is 7.13. The van der Waals surface area contributed by atoms with Crippen molar-refractivity contribution in [2.24, 2.45) is 0 Å². The van der Waals surface area contributed by atoms with E-state index in [4.69, 9.17) is 21.9 Å². The number of nitrogens with zero attached hydrogens (tertiary/aromatic N) is 3. The first-order chi connectivity index (χ1) is 8.74. The largest absolute Gasteiger partial charge is 0.398 e. The van der Waals surface area contributed by atoms with E-state index in [0.717, 1.165) is 10.4 Å². The van der Waals surface area contributed by atoms with Gasteiger partial charge in [-0.25, -0.2) is 0 Å². The Morgan fingerprint density at radius 1 is 1.33 bits per heavy atom. The minimum absolute atomic E-state index is 0.403. The van der Waals surface area contributed by atoms with E-state index in [1.165, 1.54) is 11.3 Å². The van der Waals surface area contributed by atoms with Gasteiger partial charge in [0, 0.05) is 11.8 Å². The van der Waals surface area contributed by atoms with Crippen molar-refractivity contribution in [2.75, 3.05) is 5.73 Å². The minimum Gasteiger partial charge on any atom is -0.398 e. The van der Waals surface area contributed by atoms with Gasteiger partial charge >= 0.3 is 0 Å². The average Bonchev–Trinajstić information content (AvgIpc) is 3.01. The van der Waals surface area contributed by atoms with Gasteiger partial charge in [0.1, 0.15) is 0 Å². The Morgan fingerprint density at radius 2 is 2.22 bits per heavy atom. The second kappa shape index (κ2) is 4.40. The van der Waals surface area contributed by atoms with Crippen molar-refractivity contribution in [3.8, 4) is 22.2 Å². The van der Waals surface area contributed by atoms with Gasteiger partial charge in [0.05, 0.1) is 21.1 Å². The molecule has 2 aromatic heterocycles. The highest BCUT2D eigenvalue weighted by Crippen LogP contribution is 2.28. The summed E-state index contributed by atoms with van der Waals surface area (Å²) in [5.41, 5.74) is 8.61. The molecule has 0 fully saturated rings. The predicted octanol–water partition coefficient (Wildman–Crippen LogP) is 3.10. The van der Waals surface area contributed by atoms with E-state index in [1.807, 2.05) is 0 Å². The molecule has 0 saturated heterocycles. The van der Waals surface area contributed by atoms with Crippen molar-refractivity contribution in [1.82, 2.24) is 15.1 Å². The van der Waals surface area contributed by atoms with Crippen LogP contribution in [0, 0.1) is 0 Å². The highest BCUT2D eigenvalue weighted by Gasteiger charge is 2.12. The second-order valence-corrected chi connectivity index (χ2v) is 4.82. The van der Waals surface area contributed by atoms with Crippen molar-refractivity contribution >= 4 is 28.6 Å². The van der Waals surface area contributed by atoms with Gasteiger partial charge in [-0.3, -0.25) is 4.98 Å². The molecule has 18 heavy (non-hydrogen) atoms. The second-order valence-electron chi connectivity index (χ2n) is 3.53. The zero-order valence-corrected chi connectivity index (χ0v) is 10.6. The summed E-state index contributed by atoms with van der Waals surface area (Å²) >= 11 is 7.40. The van der Waals surface area contributed by atoms with Crippen LogP contribution in [0.4, 0.5) is 5.69 Å². The maximum absolute atomic E-state index is 5.95. The lowest BCUT2D eigenvalue weighted by Gasteiger charge is -1.98. The number of anilines is 1. The molecule has 0 aliphatic rings. The van der Waals surface area contributed by atoms with Crippen molar-refractivity contribution in [3.63, 3.8) is 0 Å². The molecule has 5 nitrogen and oxygen atoms in total. The standard InChI is InChI=1S/C11H7ClN4OS/c12-7-3-6(1-2-8(7)13)11-15-10(16-17-11)9-4-14-5-18-9/h1-5H,13H2. The lowest BCUT2D eigenvalue weighted by molar-refractivity contribution is 0.432. The number of nitrogen functional groups attached to an aromatic ring is 1. The third-order valence-electron chi connectivity index (χ3n) is 2.33. The Balaban J connectivity index is 2.00. The van der Waals surface area contributed by atoms with Crippen molar-refractivity contribution < 1.29 is 4.52 Å². The number of nitrogens with two attached hydrogens (primary N) is 1. The number of aromatic nitrogens is 3. The van der Waals surface area contributed by atoms with E-state index >= 15 is 0 Å². The van der Waals surface area contributed by atoms with Crippen LogP contribution >= 0.6 is 22.9 Å². The number of halogens is 1. The molecule has 90 valence electrons. The molecule has 0 amide bonds. The van der Waals surface area contributed by atoms with Gasteiger partial charge in [-0.15, -0.1) is 11.3 Å². The average molecular weight is 279 g/mol. The van der Waals surface area contributed by atoms with E-state index in [9.17, 15) is 0 Å². The van der Waals surface area contributed by atoms with Gasteiger partial charge in [-0.05, 0) is 18.2 Å². The molecule has 0 unspecified atom stereocenters. The molecule has 2 heterocycles. The first kappa shape index (κ1) is 11.2. The van der Waals surface area contributed by atoms with Crippen LogP contribution in [0.3, 0.4) is 0 Å². The predicted molar refractivity (Wildman–Crippen MR) is 70.3 cm³/mol. The monoisotopic (exact) mass is 278 g/mol. The Hall–Kier alpha value is -1.92. The summed E-state index contributed by atoms with van der Waals surface area (Å²) in [6.45, 7) is 0. The molecule has 3 rings (SSSR count). The van der Waals surface area contributed by atoms with Gasteiger partial charge in [-0.2, -0.15) is 4.98 Å². The summed E-state index contributed by atoms with van der Waals surface area (Å²) < 4.78 is 5.19. The number of hydrogen-bond acceptors (Lipinski definition) is 6. The summed E-state index contributed by atoms with van der Waals surface area (Å²) in [5.74, 6) is 0.917. The maximum atomic E-state index is 5.95. The molecule has 0 atom stereocenters. The Labute approximate surface area is 111 Å². The molecule has 2 N–H and O–H groups in total. The van der Waals surface area contributed by atoms with E-state index in [0.29, 0.717) is 22.4 Å². The third-order valence-corrected chi connectivity index (χ3v) is 3.42. The van der Waals surface area contributed by atoms with Crippen LogP contribution in [-0.2, 0) is 0 Å². The number of benzene rings is 1. The molecule has 3 aromatic rings. The molecule has 1 aromatic carbocycles. The number of rotatable bonds is 2. The van der Waals surface area contributed by atoms with Crippen LogP contribution in [0.15, 0.2) is 34.4 Å². The zero-order chi connectivity index (χ0) is 12.5. The fourth-order valence-corrected chi connectivity index (χ4v) is 2.15. The molecule has 0 aliphatic heterocycles. The van der Waals surface area contributed by atoms with Gasteiger partial charge in [-0.1, -0.05) is 16.8 Å². The molecule has 0 saturated carbocycles. The summed E-state index contributed by atoms with van der Waals surface area (Å²) in [4.78, 5) is 9.11. The molecule has 0 bridgehead atoms. The molecule has 7 heteroatoms. The normalized spacial score (nSPS) is 10.7. The number of hydrogen-bond donors (Lipinski definition) is 1. The SMILES string of the molecule is Nc1ccc(-c2nc(-c3cncs3)no2)cc1Cl. The molecular weight excluding hydrogens is 272 g/mol. The van der Waals surface area contributed by atoms with Gasteiger partial charge < -0.3 is 10.3 Å². The summed E-state index contributed by atoms with van der Waals surface area (Å²) in [5, 5.41) is 4.36. The quantitative estimate of drug-likeness (QED) is 0.729.